The molecule has 0 unspecified atom stereocenters. The van der Waals surface area contributed by atoms with Crippen LogP contribution in [0.1, 0.15) is 0 Å². The van der Waals surface area contributed by atoms with E-state index in [-0.39, 0.29) is 4.47 Å². The van der Waals surface area contributed by atoms with Crippen molar-refractivity contribution in [1.82, 2.24) is 9.78 Å². The van der Waals surface area contributed by atoms with Crippen LogP contribution < -0.4 is 0 Å². The quantitative estimate of drug-likeness (QED) is 0.582. The molecule has 0 aliphatic carbocycles. The van der Waals surface area contributed by atoms with Gasteiger partial charge in [-0.05, 0) is 15.9 Å². The average Bonchev–Trinajstić information content (AvgIpc) is 1.98. The highest BCUT2D eigenvalue weighted by atomic mass is 79.9. The Hall–Kier alpha value is -0.380. The van der Waals surface area contributed by atoms with E-state index in [2.05, 4.69) is 27.2 Å². The molecule has 1 radical (unpaired) electrons. The molecule has 1 rings (SSSR count). The van der Waals surface area contributed by atoms with Gasteiger partial charge in [0.1, 0.15) is 10.7 Å². The van der Waals surface area contributed by atoms with Gasteiger partial charge in [0, 0.05) is 7.05 Å². The number of halogens is 2. The fourth-order valence-corrected chi connectivity index (χ4v) is 0.687. The molecule has 0 bridgehead atoms. The molecule has 1 aromatic rings. The van der Waals surface area contributed by atoms with Gasteiger partial charge >= 0.3 is 0 Å². The van der Waals surface area contributed by atoms with E-state index in [1.165, 1.54) is 7.05 Å². The molecule has 1 heterocycles. The molecule has 0 aliphatic heterocycles. The van der Waals surface area contributed by atoms with Crippen molar-refractivity contribution in [3.8, 4) is 0 Å². The maximum Gasteiger partial charge on any atom is 0.226 e. The van der Waals surface area contributed by atoms with Crippen molar-refractivity contribution >= 4 is 15.9 Å². The molecule has 43 valence electrons. The van der Waals surface area contributed by atoms with Gasteiger partial charge in [-0.15, -0.1) is 0 Å². The molecule has 2 nitrogen and oxygen atoms in total. The Kier molecular flexibility index (Phi) is 1.33. The molecular formula is C4H3BrFN2. The summed E-state index contributed by atoms with van der Waals surface area (Å²) in [5.74, 6) is -0.398. The number of nitrogens with zero attached hydrogens (tertiary/aromatic N) is 2. The van der Waals surface area contributed by atoms with Crippen molar-refractivity contribution in [2.75, 3.05) is 0 Å². The Balaban J connectivity index is 3.19. The molecule has 0 fully saturated rings. The second-order valence-electron chi connectivity index (χ2n) is 1.34. The summed E-state index contributed by atoms with van der Waals surface area (Å²) >= 11 is 2.90. The van der Waals surface area contributed by atoms with Gasteiger partial charge in [0.2, 0.25) is 5.95 Å². The SMILES string of the molecule is Cn1n[c]c(Br)c1F. The Morgan fingerprint density at radius 1 is 1.88 bits per heavy atom. The molecule has 0 atom stereocenters. The predicted octanol–water partition coefficient (Wildman–Crippen LogP) is 1.12. The third kappa shape index (κ3) is 0.753. The van der Waals surface area contributed by atoms with Gasteiger partial charge in [-0.1, -0.05) is 0 Å². The summed E-state index contributed by atoms with van der Waals surface area (Å²) in [6, 6.07) is 0. The summed E-state index contributed by atoms with van der Waals surface area (Å²) in [5.41, 5.74) is 0. The first-order chi connectivity index (χ1) is 3.72. The number of hydrogen-bond donors (Lipinski definition) is 0. The first kappa shape index (κ1) is 5.75. The van der Waals surface area contributed by atoms with E-state index in [9.17, 15) is 4.39 Å². The van der Waals surface area contributed by atoms with E-state index < -0.39 is 5.95 Å². The summed E-state index contributed by atoms with van der Waals surface area (Å²) in [5, 5.41) is 3.49. The van der Waals surface area contributed by atoms with Crippen molar-refractivity contribution in [2.45, 2.75) is 0 Å². The van der Waals surface area contributed by atoms with Crippen LogP contribution in [-0.2, 0) is 7.05 Å². The first-order valence-electron chi connectivity index (χ1n) is 1.97. The standard InChI is InChI=1S/C4H3BrFN2/c1-8-4(6)3(5)2-7-8/h1H3. The van der Waals surface area contributed by atoms with Crippen LogP contribution in [-0.4, -0.2) is 9.78 Å². The molecule has 0 saturated heterocycles. The van der Waals surface area contributed by atoms with Gasteiger partial charge in [0.15, 0.2) is 0 Å². The lowest BCUT2D eigenvalue weighted by Crippen LogP contribution is -1.92. The molecule has 8 heavy (non-hydrogen) atoms. The molecule has 0 aromatic carbocycles. The summed E-state index contributed by atoms with van der Waals surface area (Å²) in [6.07, 6.45) is 2.39. The molecule has 0 amide bonds. The lowest BCUT2D eigenvalue weighted by molar-refractivity contribution is 0.500. The number of aromatic nitrogens is 2. The third-order valence-electron chi connectivity index (χ3n) is 0.763. The Labute approximate surface area is 54.4 Å². The van der Waals surface area contributed by atoms with Crippen molar-refractivity contribution in [3.05, 3.63) is 16.6 Å². The monoisotopic (exact) mass is 177 g/mol. The van der Waals surface area contributed by atoms with E-state index in [1.807, 2.05) is 0 Å². The second-order valence-corrected chi connectivity index (χ2v) is 2.13. The van der Waals surface area contributed by atoms with Crippen molar-refractivity contribution in [2.24, 2.45) is 7.05 Å². The lowest BCUT2D eigenvalue weighted by Gasteiger charge is -1.84. The number of aryl methyl sites for hydroxylation is 1. The summed E-state index contributed by atoms with van der Waals surface area (Å²) in [6.45, 7) is 0. The maximum absolute atomic E-state index is 12.3. The number of hydrogen-bond acceptors (Lipinski definition) is 1. The zero-order chi connectivity index (χ0) is 6.15. The molecule has 1 aromatic heterocycles. The summed E-state index contributed by atoms with van der Waals surface area (Å²) in [4.78, 5) is 0. The van der Waals surface area contributed by atoms with Gasteiger partial charge in [-0.3, -0.25) is 0 Å². The minimum atomic E-state index is -0.398. The molecular weight excluding hydrogens is 175 g/mol. The van der Waals surface area contributed by atoms with E-state index in [1.54, 1.807) is 0 Å². The Bertz CT molecular complexity index is 176. The first-order valence-corrected chi connectivity index (χ1v) is 2.77. The maximum atomic E-state index is 12.3. The fourth-order valence-electron chi connectivity index (χ4n) is 0.351. The van der Waals surface area contributed by atoms with Gasteiger partial charge in [0.05, 0.1) is 0 Å². The highest BCUT2D eigenvalue weighted by Crippen LogP contribution is 2.10. The smallest absolute Gasteiger partial charge is 0.226 e. The van der Waals surface area contributed by atoms with Crippen LogP contribution >= 0.6 is 15.9 Å². The van der Waals surface area contributed by atoms with Gasteiger partial charge in [-0.2, -0.15) is 9.49 Å². The van der Waals surface area contributed by atoms with Crippen molar-refractivity contribution in [3.63, 3.8) is 0 Å². The second kappa shape index (κ2) is 1.85. The molecule has 4 heteroatoms. The topological polar surface area (TPSA) is 17.8 Å². The summed E-state index contributed by atoms with van der Waals surface area (Å²) < 4.78 is 13.7. The van der Waals surface area contributed by atoms with E-state index in [4.69, 9.17) is 0 Å². The minimum Gasteiger partial charge on any atom is -0.241 e. The Morgan fingerprint density at radius 2 is 2.50 bits per heavy atom. The van der Waals surface area contributed by atoms with Gasteiger partial charge in [0.25, 0.3) is 0 Å². The number of rotatable bonds is 0. The van der Waals surface area contributed by atoms with E-state index >= 15 is 0 Å². The predicted molar refractivity (Wildman–Crippen MR) is 29.7 cm³/mol. The van der Waals surface area contributed by atoms with Crippen LogP contribution in [0.4, 0.5) is 4.39 Å². The Morgan fingerprint density at radius 3 is 2.62 bits per heavy atom. The lowest BCUT2D eigenvalue weighted by atomic mass is 10.7. The van der Waals surface area contributed by atoms with Crippen LogP contribution in [0, 0.1) is 12.1 Å². The average molecular weight is 178 g/mol. The van der Waals surface area contributed by atoms with E-state index in [0.29, 0.717) is 0 Å². The zero-order valence-electron chi connectivity index (χ0n) is 4.15. The van der Waals surface area contributed by atoms with Crippen LogP contribution in [0.15, 0.2) is 4.47 Å². The van der Waals surface area contributed by atoms with E-state index in [0.717, 1.165) is 4.68 Å². The molecule has 0 aliphatic rings. The van der Waals surface area contributed by atoms with Crippen LogP contribution in [0.5, 0.6) is 0 Å². The largest absolute Gasteiger partial charge is 0.241 e. The highest BCUT2D eigenvalue weighted by molar-refractivity contribution is 9.10. The van der Waals surface area contributed by atoms with Crippen molar-refractivity contribution < 1.29 is 4.39 Å². The minimum absolute atomic E-state index is 0.278. The van der Waals surface area contributed by atoms with Crippen LogP contribution in [0.25, 0.3) is 0 Å². The zero-order valence-corrected chi connectivity index (χ0v) is 5.74. The highest BCUT2D eigenvalue weighted by Gasteiger charge is 2.01. The normalized spacial score (nSPS) is 9.88. The molecule has 0 N–H and O–H groups in total. The third-order valence-corrected chi connectivity index (χ3v) is 1.27. The van der Waals surface area contributed by atoms with Crippen LogP contribution in [0.2, 0.25) is 0 Å². The van der Waals surface area contributed by atoms with Crippen LogP contribution in [0.3, 0.4) is 0 Å². The molecule has 0 spiro atoms. The van der Waals surface area contributed by atoms with Gasteiger partial charge < -0.3 is 0 Å². The fraction of sp³-hybridized carbons (Fsp3) is 0.250. The summed E-state index contributed by atoms with van der Waals surface area (Å²) in [7, 11) is 1.51. The van der Waals surface area contributed by atoms with Crippen molar-refractivity contribution in [1.29, 1.82) is 0 Å². The van der Waals surface area contributed by atoms with Gasteiger partial charge in [-0.25, -0.2) is 4.68 Å². The molecule has 0 saturated carbocycles.